The number of benzene rings is 2. The van der Waals surface area contributed by atoms with Crippen molar-refractivity contribution in [2.75, 3.05) is 0 Å². The molecule has 0 aliphatic heterocycles. The monoisotopic (exact) mass is 409 g/mol. The molecule has 0 spiro atoms. The van der Waals surface area contributed by atoms with Gasteiger partial charge in [0.05, 0.1) is 4.90 Å². The molecule has 0 fully saturated rings. The van der Waals surface area contributed by atoms with Gasteiger partial charge < -0.3 is 20.8 Å². The Balaban J connectivity index is 1.97. The predicted molar refractivity (Wildman–Crippen MR) is 103 cm³/mol. The smallest absolute Gasteiger partial charge is 0.329 e. The molecule has 2 unspecified atom stereocenters. The molecule has 0 amide bonds. The number of carboxylic acid groups (broad SMARTS) is 1. The molecule has 0 aliphatic rings. The number of hydrogen-bond donors (Lipinski definition) is 5. The third-order valence-corrected chi connectivity index (χ3v) is 4.91. The van der Waals surface area contributed by atoms with Crippen molar-refractivity contribution in [3.63, 3.8) is 0 Å². The summed E-state index contributed by atoms with van der Waals surface area (Å²) in [5, 5.41) is 30.1. The number of sulfonamides is 1. The van der Waals surface area contributed by atoms with Crippen LogP contribution >= 0.6 is 12.2 Å². The topological polar surface area (TPSA) is 142 Å². The first kappa shape index (κ1) is 20.8. The maximum absolute atomic E-state index is 11.5. The van der Waals surface area contributed by atoms with Crippen LogP contribution in [0.5, 0.6) is 0 Å². The Morgan fingerprint density at radius 2 is 1.70 bits per heavy atom. The Labute approximate surface area is 162 Å². The van der Waals surface area contributed by atoms with Gasteiger partial charge in [-0.2, -0.15) is 0 Å². The van der Waals surface area contributed by atoms with E-state index in [2.05, 4.69) is 10.6 Å². The summed E-state index contributed by atoms with van der Waals surface area (Å²) in [6, 6.07) is 12.9. The van der Waals surface area contributed by atoms with Crippen LogP contribution < -0.4 is 15.8 Å². The fourth-order valence-electron chi connectivity index (χ4n) is 2.29. The van der Waals surface area contributed by atoms with Crippen LogP contribution in [0.1, 0.15) is 17.2 Å². The second-order valence-corrected chi connectivity index (χ2v) is 7.66. The molecule has 0 aliphatic carbocycles. The molecule has 144 valence electrons. The molecule has 0 radical (unpaired) electrons. The van der Waals surface area contributed by atoms with E-state index in [4.69, 9.17) is 17.4 Å². The van der Waals surface area contributed by atoms with Crippen LogP contribution in [0, 0.1) is 0 Å². The lowest BCUT2D eigenvalue weighted by Gasteiger charge is -2.22. The molecule has 8 nitrogen and oxygen atoms in total. The number of carboxylic acids is 1. The molecule has 0 bridgehead atoms. The van der Waals surface area contributed by atoms with E-state index in [1.54, 1.807) is 42.5 Å². The second-order valence-electron chi connectivity index (χ2n) is 5.69. The maximum Gasteiger partial charge on any atom is 0.329 e. The van der Waals surface area contributed by atoms with E-state index in [1.807, 2.05) is 0 Å². The number of hydrogen-bond acceptors (Lipinski definition) is 5. The third-order valence-electron chi connectivity index (χ3n) is 3.71. The zero-order valence-corrected chi connectivity index (χ0v) is 15.7. The number of aliphatic hydroxyl groups excluding tert-OH is 1. The van der Waals surface area contributed by atoms with Gasteiger partial charge in [0.15, 0.2) is 11.2 Å². The van der Waals surface area contributed by atoms with Crippen molar-refractivity contribution in [2.45, 2.75) is 23.6 Å². The minimum Gasteiger partial charge on any atom is -0.480 e. The van der Waals surface area contributed by atoms with Crippen LogP contribution in [0.25, 0.3) is 0 Å². The van der Waals surface area contributed by atoms with E-state index < -0.39 is 28.1 Å². The van der Waals surface area contributed by atoms with Crippen molar-refractivity contribution in [1.82, 2.24) is 10.6 Å². The molecule has 0 heterocycles. The zero-order chi connectivity index (χ0) is 20.0. The lowest BCUT2D eigenvalue weighted by molar-refractivity contribution is -0.142. The average molecular weight is 409 g/mol. The highest BCUT2D eigenvalue weighted by Gasteiger charge is 2.28. The number of aliphatic carboxylic acids is 1. The van der Waals surface area contributed by atoms with E-state index in [0.717, 1.165) is 0 Å². The van der Waals surface area contributed by atoms with Gasteiger partial charge in [-0.05, 0) is 35.5 Å². The summed E-state index contributed by atoms with van der Waals surface area (Å²) in [7, 11) is -3.76. The van der Waals surface area contributed by atoms with Crippen molar-refractivity contribution in [2.24, 2.45) is 5.14 Å². The van der Waals surface area contributed by atoms with Gasteiger partial charge in [0.2, 0.25) is 10.0 Å². The molecule has 0 saturated heterocycles. The molecule has 0 saturated carbocycles. The quantitative estimate of drug-likeness (QED) is 0.416. The van der Waals surface area contributed by atoms with Gasteiger partial charge in [-0.15, -0.1) is 0 Å². The van der Waals surface area contributed by atoms with E-state index in [9.17, 15) is 23.4 Å². The van der Waals surface area contributed by atoms with Crippen LogP contribution in [-0.4, -0.2) is 35.8 Å². The molecule has 6 N–H and O–H groups in total. The zero-order valence-electron chi connectivity index (χ0n) is 14.1. The van der Waals surface area contributed by atoms with Crippen LogP contribution in [0.4, 0.5) is 0 Å². The van der Waals surface area contributed by atoms with Gasteiger partial charge in [-0.3, -0.25) is 0 Å². The van der Waals surface area contributed by atoms with E-state index in [1.165, 1.54) is 12.1 Å². The first-order valence-electron chi connectivity index (χ1n) is 7.80. The number of carbonyl (C=O) groups is 1. The number of nitrogens with one attached hydrogen (secondary N) is 2. The van der Waals surface area contributed by atoms with Crippen molar-refractivity contribution in [3.05, 3.63) is 65.7 Å². The van der Waals surface area contributed by atoms with Crippen molar-refractivity contribution >= 4 is 33.3 Å². The molecular formula is C17H19N3O5S2. The number of primary sulfonamides is 1. The molecule has 2 aromatic rings. The highest BCUT2D eigenvalue weighted by atomic mass is 32.2. The minimum absolute atomic E-state index is 0.0103. The highest BCUT2D eigenvalue weighted by molar-refractivity contribution is 7.89. The van der Waals surface area contributed by atoms with Gasteiger partial charge in [0, 0.05) is 6.54 Å². The van der Waals surface area contributed by atoms with Crippen LogP contribution in [-0.2, 0) is 21.4 Å². The average Bonchev–Trinajstić information content (AvgIpc) is 2.64. The first-order chi connectivity index (χ1) is 12.7. The fourth-order valence-corrected chi connectivity index (χ4v) is 3.00. The number of nitrogens with two attached hydrogens (primary N) is 1. The van der Waals surface area contributed by atoms with E-state index in [0.29, 0.717) is 11.1 Å². The van der Waals surface area contributed by atoms with E-state index in [-0.39, 0.29) is 16.6 Å². The molecule has 10 heteroatoms. The number of rotatable bonds is 7. The summed E-state index contributed by atoms with van der Waals surface area (Å²) in [5.41, 5.74) is 1.15. The van der Waals surface area contributed by atoms with Gasteiger partial charge >= 0.3 is 5.97 Å². The molecule has 2 aromatic carbocycles. The summed E-state index contributed by atoms with van der Waals surface area (Å²) >= 11 is 5.09. The van der Waals surface area contributed by atoms with E-state index >= 15 is 0 Å². The fraction of sp³-hybridized carbons (Fsp3) is 0.176. The lowest BCUT2D eigenvalue weighted by Crippen LogP contribution is -2.48. The molecule has 2 rings (SSSR count). The molecule has 0 aromatic heterocycles. The van der Waals surface area contributed by atoms with Crippen molar-refractivity contribution < 1.29 is 23.4 Å². The van der Waals surface area contributed by atoms with Crippen molar-refractivity contribution in [1.29, 1.82) is 0 Å². The Morgan fingerprint density at radius 3 is 2.22 bits per heavy atom. The van der Waals surface area contributed by atoms with Crippen LogP contribution in [0.3, 0.4) is 0 Å². The SMILES string of the molecule is NS(=O)(=O)c1ccc(CNC(=S)NC(C(=O)O)C(O)c2ccccc2)cc1. The summed E-state index contributed by atoms with van der Waals surface area (Å²) in [6.45, 7) is 0.227. The highest BCUT2D eigenvalue weighted by Crippen LogP contribution is 2.16. The normalized spacial score (nSPS) is 13.4. The van der Waals surface area contributed by atoms with Crippen molar-refractivity contribution in [3.8, 4) is 0 Å². The third kappa shape index (κ3) is 6.00. The maximum atomic E-state index is 11.5. The summed E-state index contributed by atoms with van der Waals surface area (Å²) < 4.78 is 22.5. The molecule has 27 heavy (non-hydrogen) atoms. The largest absolute Gasteiger partial charge is 0.480 e. The van der Waals surface area contributed by atoms with Gasteiger partial charge in [-0.25, -0.2) is 18.4 Å². The molecule has 2 atom stereocenters. The minimum atomic E-state index is -3.76. The second kappa shape index (κ2) is 8.91. The number of thiocarbonyl (C=S) groups is 1. The summed E-state index contributed by atoms with van der Waals surface area (Å²) in [6.07, 6.45) is -1.29. The van der Waals surface area contributed by atoms with Crippen LogP contribution in [0.2, 0.25) is 0 Å². The summed E-state index contributed by atoms with van der Waals surface area (Å²) in [4.78, 5) is 11.5. The standard InChI is InChI=1S/C17H19N3O5S2/c18-27(24,25)13-8-6-11(7-9-13)10-19-17(26)20-14(16(22)23)15(21)12-4-2-1-3-5-12/h1-9,14-15,21H,10H2,(H,22,23)(H2,18,24,25)(H2,19,20,26). The van der Waals surface area contributed by atoms with Gasteiger partial charge in [0.1, 0.15) is 6.10 Å². The first-order valence-corrected chi connectivity index (χ1v) is 9.76. The lowest BCUT2D eigenvalue weighted by atomic mass is 10.0. The Bertz CT molecular complexity index is 902. The summed E-state index contributed by atoms with van der Waals surface area (Å²) in [5.74, 6) is -1.26. The Hall–Kier alpha value is -2.53. The molecular weight excluding hydrogens is 390 g/mol. The number of aliphatic hydroxyl groups is 1. The Morgan fingerprint density at radius 1 is 1.11 bits per heavy atom. The van der Waals surface area contributed by atoms with Gasteiger partial charge in [0.25, 0.3) is 0 Å². The van der Waals surface area contributed by atoms with Gasteiger partial charge in [-0.1, -0.05) is 42.5 Å². The Kier molecular flexibility index (Phi) is 6.86. The van der Waals surface area contributed by atoms with Crippen LogP contribution in [0.15, 0.2) is 59.5 Å². The predicted octanol–water partition coefficient (Wildman–Crippen LogP) is 0.485.